The van der Waals surface area contributed by atoms with Gasteiger partial charge < -0.3 is 28.4 Å². The number of esters is 2. The average molecular weight is 529 g/mol. The minimum atomic E-state index is -0.772. The minimum Gasteiger partial charge on any atom is -0.465 e. The fourth-order valence-electron chi connectivity index (χ4n) is 4.67. The third-order valence-corrected chi connectivity index (χ3v) is 6.90. The maximum Gasteiger partial charge on any atom is 0.311 e. The Balaban J connectivity index is 2.03. The summed E-state index contributed by atoms with van der Waals surface area (Å²) in [5.41, 5.74) is -1.07. The van der Waals surface area contributed by atoms with Crippen LogP contribution in [0.4, 0.5) is 0 Å². The van der Waals surface area contributed by atoms with Gasteiger partial charge in [0.05, 0.1) is 48.5 Å². The van der Waals surface area contributed by atoms with E-state index in [2.05, 4.69) is 6.92 Å². The van der Waals surface area contributed by atoms with Gasteiger partial charge in [0.1, 0.15) is 0 Å². The summed E-state index contributed by atoms with van der Waals surface area (Å²) in [6.07, 6.45) is 1.55. The molecule has 0 saturated carbocycles. The molecule has 6 atom stereocenters. The van der Waals surface area contributed by atoms with E-state index in [1.165, 1.54) is 0 Å². The van der Waals surface area contributed by atoms with Crippen LogP contribution in [-0.4, -0.2) is 61.1 Å². The normalized spacial score (nSPS) is 29.7. The predicted octanol–water partition coefficient (Wildman–Crippen LogP) is 5.65. The molecule has 0 aromatic carbocycles. The van der Waals surface area contributed by atoms with Crippen LogP contribution in [0.3, 0.4) is 0 Å². The Morgan fingerprint density at radius 2 is 1.22 bits per heavy atom. The summed E-state index contributed by atoms with van der Waals surface area (Å²) < 4.78 is 36.2. The summed E-state index contributed by atoms with van der Waals surface area (Å²) >= 11 is 0. The molecule has 2 aliphatic rings. The Morgan fingerprint density at radius 3 is 1.76 bits per heavy atom. The van der Waals surface area contributed by atoms with Gasteiger partial charge in [-0.2, -0.15) is 0 Å². The standard InChI is InChI=1S/C29H52O8/c1-18(17-33-25(31)27(6,7)8)21-16-23(37-29(11,12)35-21)19(2)22-15-20(34-28(9,10)36-22)13-14-32-24(30)26(3,4)5/h18-23H,13-17H2,1-12H3/t18-,19+,20+,21-,22-,23-/m1/s1. The smallest absolute Gasteiger partial charge is 0.311 e. The quantitative estimate of drug-likeness (QED) is 0.374. The van der Waals surface area contributed by atoms with Crippen LogP contribution in [0.2, 0.25) is 0 Å². The highest BCUT2D eigenvalue weighted by atomic mass is 16.7. The van der Waals surface area contributed by atoms with Gasteiger partial charge >= 0.3 is 11.9 Å². The SMILES string of the molecule is C[C@@H]([C@H]1C[C@H](CCOC(=O)C(C)(C)C)OC(C)(C)O1)[C@H]1C[C@H]([C@H](C)COC(=O)C(C)(C)C)OC(C)(C)O1. The van der Waals surface area contributed by atoms with E-state index in [9.17, 15) is 9.59 Å². The molecule has 8 heteroatoms. The molecule has 0 unspecified atom stereocenters. The fourth-order valence-corrected chi connectivity index (χ4v) is 4.67. The predicted molar refractivity (Wildman–Crippen MR) is 141 cm³/mol. The molecule has 37 heavy (non-hydrogen) atoms. The lowest BCUT2D eigenvalue weighted by atomic mass is 9.85. The molecule has 0 radical (unpaired) electrons. The van der Waals surface area contributed by atoms with Crippen LogP contribution in [-0.2, 0) is 38.0 Å². The van der Waals surface area contributed by atoms with Crippen molar-refractivity contribution in [1.82, 2.24) is 0 Å². The summed E-state index contributed by atoms with van der Waals surface area (Å²) in [5.74, 6) is -1.88. The van der Waals surface area contributed by atoms with Crippen molar-refractivity contribution in [3.8, 4) is 0 Å². The molecule has 0 aliphatic carbocycles. The lowest BCUT2D eigenvalue weighted by Crippen LogP contribution is -2.54. The number of hydrogen-bond donors (Lipinski definition) is 0. The van der Waals surface area contributed by atoms with Crippen LogP contribution in [0.5, 0.6) is 0 Å². The second-order valence-corrected chi connectivity index (χ2v) is 13.8. The van der Waals surface area contributed by atoms with Gasteiger partial charge in [-0.3, -0.25) is 9.59 Å². The number of hydrogen-bond acceptors (Lipinski definition) is 8. The van der Waals surface area contributed by atoms with Crippen molar-refractivity contribution in [1.29, 1.82) is 0 Å². The summed E-state index contributed by atoms with van der Waals surface area (Å²) in [6, 6.07) is 0. The van der Waals surface area contributed by atoms with Crippen molar-refractivity contribution in [3.05, 3.63) is 0 Å². The first-order chi connectivity index (χ1) is 16.7. The van der Waals surface area contributed by atoms with Gasteiger partial charge in [0, 0.05) is 31.1 Å². The topological polar surface area (TPSA) is 89.5 Å². The van der Waals surface area contributed by atoms with Gasteiger partial charge in [-0.1, -0.05) is 13.8 Å². The van der Waals surface area contributed by atoms with E-state index in [1.807, 2.05) is 76.2 Å². The Morgan fingerprint density at radius 1 is 0.757 bits per heavy atom. The fraction of sp³-hybridized carbons (Fsp3) is 0.931. The van der Waals surface area contributed by atoms with Gasteiger partial charge in [0.25, 0.3) is 0 Å². The molecule has 2 saturated heterocycles. The first-order valence-electron chi connectivity index (χ1n) is 13.8. The molecule has 0 amide bonds. The van der Waals surface area contributed by atoms with Crippen molar-refractivity contribution in [2.75, 3.05) is 13.2 Å². The average Bonchev–Trinajstić information content (AvgIpc) is 2.72. The van der Waals surface area contributed by atoms with Gasteiger partial charge in [-0.25, -0.2) is 0 Å². The molecule has 0 bridgehead atoms. The Kier molecular flexibility index (Phi) is 10.3. The zero-order chi connectivity index (χ0) is 28.4. The monoisotopic (exact) mass is 528 g/mol. The molecular weight excluding hydrogens is 476 g/mol. The molecule has 0 aromatic rings. The van der Waals surface area contributed by atoms with E-state index < -0.39 is 22.4 Å². The lowest BCUT2D eigenvalue weighted by molar-refractivity contribution is -0.341. The van der Waals surface area contributed by atoms with Crippen molar-refractivity contribution in [2.24, 2.45) is 22.7 Å². The van der Waals surface area contributed by atoms with E-state index >= 15 is 0 Å². The van der Waals surface area contributed by atoms with Crippen molar-refractivity contribution in [2.45, 2.75) is 138 Å². The Labute approximate surface area is 224 Å². The first kappa shape index (κ1) is 32.0. The molecule has 0 aromatic heterocycles. The van der Waals surface area contributed by atoms with Crippen molar-refractivity contribution in [3.63, 3.8) is 0 Å². The van der Waals surface area contributed by atoms with Gasteiger partial charge in [0.15, 0.2) is 11.6 Å². The molecule has 8 nitrogen and oxygen atoms in total. The zero-order valence-corrected chi connectivity index (χ0v) is 25.3. The van der Waals surface area contributed by atoms with Gasteiger partial charge in [-0.05, 0) is 69.2 Å². The molecular formula is C29H52O8. The van der Waals surface area contributed by atoms with Gasteiger partial charge in [-0.15, -0.1) is 0 Å². The maximum atomic E-state index is 12.3. The summed E-state index contributed by atoms with van der Waals surface area (Å²) in [5, 5.41) is 0. The summed E-state index contributed by atoms with van der Waals surface area (Å²) in [7, 11) is 0. The number of rotatable bonds is 8. The molecule has 0 N–H and O–H groups in total. The van der Waals surface area contributed by atoms with E-state index in [4.69, 9.17) is 28.4 Å². The Bertz CT molecular complexity index is 776. The van der Waals surface area contributed by atoms with E-state index in [-0.39, 0.29) is 48.2 Å². The number of ether oxygens (including phenoxy) is 6. The largest absolute Gasteiger partial charge is 0.465 e. The van der Waals surface area contributed by atoms with Crippen molar-refractivity contribution < 1.29 is 38.0 Å². The molecule has 0 spiro atoms. The van der Waals surface area contributed by atoms with Crippen LogP contribution < -0.4 is 0 Å². The molecule has 2 fully saturated rings. The zero-order valence-electron chi connectivity index (χ0n) is 25.3. The van der Waals surface area contributed by atoms with Crippen LogP contribution in [0.1, 0.15) is 102 Å². The highest BCUT2D eigenvalue weighted by Gasteiger charge is 2.45. The maximum absolute atomic E-state index is 12.3. The van der Waals surface area contributed by atoms with Gasteiger partial charge in [0.2, 0.25) is 0 Å². The molecule has 2 aliphatic heterocycles. The summed E-state index contributed by atoms with van der Waals surface area (Å²) in [6.45, 7) is 23.6. The summed E-state index contributed by atoms with van der Waals surface area (Å²) in [4.78, 5) is 24.4. The van der Waals surface area contributed by atoms with E-state index in [0.29, 0.717) is 32.5 Å². The third-order valence-electron chi connectivity index (χ3n) is 6.90. The lowest BCUT2D eigenvalue weighted by Gasteiger charge is -2.48. The van der Waals surface area contributed by atoms with E-state index in [1.54, 1.807) is 0 Å². The number of carbonyl (C=O) groups is 2. The molecule has 2 rings (SSSR count). The first-order valence-corrected chi connectivity index (χ1v) is 13.8. The minimum absolute atomic E-state index is 0.0153. The highest BCUT2D eigenvalue weighted by Crippen LogP contribution is 2.39. The number of carbonyl (C=O) groups excluding carboxylic acids is 2. The van der Waals surface area contributed by atoms with Crippen molar-refractivity contribution >= 4 is 11.9 Å². The highest BCUT2D eigenvalue weighted by molar-refractivity contribution is 5.75. The van der Waals surface area contributed by atoms with Crippen LogP contribution in [0.25, 0.3) is 0 Å². The molecule has 2 heterocycles. The van der Waals surface area contributed by atoms with E-state index in [0.717, 1.165) is 0 Å². The van der Waals surface area contributed by atoms with Crippen LogP contribution in [0, 0.1) is 22.7 Å². The third kappa shape index (κ3) is 9.79. The molecule has 216 valence electrons. The van der Waals surface area contributed by atoms with Crippen LogP contribution in [0.15, 0.2) is 0 Å². The van der Waals surface area contributed by atoms with Crippen LogP contribution >= 0.6 is 0 Å². The second kappa shape index (κ2) is 11.9. The Hall–Kier alpha value is -1.22. The second-order valence-electron chi connectivity index (χ2n) is 13.8.